The Balaban J connectivity index is 1.89. The third-order valence-corrected chi connectivity index (χ3v) is 4.59. The molecule has 2 aromatic carbocycles. The third kappa shape index (κ3) is 5.19. The number of rotatable bonds is 10. The molecule has 0 aliphatic heterocycles. The van der Waals surface area contributed by atoms with Gasteiger partial charge < -0.3 is 15.2 Å². The number of hydrogen-bond acceptors (Lipinski definition) is 4. The van der Waals surface area contributed by atoms with Gasteiger partial charge >= 0.3 is 5.97 Å². The summed E-state index contributed by atoms with van der Waals surface area (Å²) in [6.07, 6.45) is 0.818. The average molecular weight is 383 g/mol. The van der Waals surface area contributed by atoms with Gasteiger partial charge in [-0.15, -0.1) is 0 Å². The van der Waals surface area contributed by atoms with Crippen molar-refractivity contribution in [2.24, 2.45) is 0 Å². The van der Waals surface area contributed by atoms with E-state index in [2.05, 4.69) is 5.32 Å². The number of ether oxygens (including phenoxy) is 1. The molecular formula is C22H25NO5. The average Bonchev–Trinajstić information content (AvgIpc) is 2.70. The molecule has 2 N–H and O–H groups in total. The van der Waals surface area contributed by atoms with Crippen molar-refractivity contribution in [1.82, 2.24) is 5.32 Å². The summed E-state index contributed by atoms with van der Waals surface area (Å²) < 4.78 is 5.57. The van der Waals surface area contributed by atoms with Crippen LogP contribution >= 0.6 is 0 Å². The predicted molar refractivity (Wildman–Crippen MR) is 105 cm³/mol. The number of benzene rings is 2. The maximum absolute atomic E-state index is 12.4. The third-order valence-electron chi connectivity index (χ3n) is 4.59. The summed E-state index contributed by atoms with van der Waals surface area (Å²) in [6.45, 7) is 3.54. The summed E-state index contributed by atoms with van der Waals surface area (Å²) in [7, 11) is 0. The molecule has 0 heterocycles. The zero-order valence-corrected chi connectivity index (χ0v) is 16.1. The molecule has 2 rings (SSSR count). The SMILES string of the molecule is CCC(NC(=O)CCCOc1ccc(C(C)=O)cc1)(C(=O)O)c1ccccc1. The van der Waals surface area contributed by atoms with Crippen LogP contribution in [0, 0.1) is 0 Å². The Kier molecular flexibility index (Phi) is 7.32. The molecule has 1 atom stereocenters. The fourth-order valence-electron chi connectivity index (χ4n) is 2.92. The molecule has 0 saturated heterocycles. The van der Waals surface area contributed by atoms with Crippen LogP contribution in [0.15, 0.2) is 54.6 Å². The van der Waals surface area contributed by atoms with E-state index in [1.54, 1.807) is 61.5 Å². The molecule has 0 fully saturated rings. The molecule has 0 bridgehead atoms. The Morgan fingerprint density at radius 1 is 1.04 bits per heavy atom. The van der Waals surface area contributed by atoms with Gasteiger partial charge in [-0.25, -0.2) is 4.79 Å². The number of ketones is 1. The van der Waals surface area contributed by atoms with E-state index in [1.807, 2.05) is 0 Å². The number of Topliss-reactive ketones (excluding diaryl/α,β-unsaturated/α-hetero) is 1. The van der Waals surface area contributed by atoms with Gasteiger partial charge in [0.25, 0.3) is 0 Å². The van der Waals surface area contributed by atoms with Crippen LogP contribution in [-0.4, -0.2) is 29.4 Å². The molecule has 1 amide bonds. The number of hydrogen-bond donors (Lipinski definition) is 2. The Morgan fingerprint density at radius 2 is 1.68 bits per heavy atom. The topological polar surface area (TPSA) is 92.7 Å². The van der Waals surface area contributed by atoms with E-state index >= 15 is 0 Å². The highest BCUT2D eigenvalue weighted by Gasteiger charge is 2.39. The van der Waals surface area contributed by atoms with E-state index < -0.39 is 11.5 Å². The summed E-state index contributed by atoms with van der Waals surface area (Å²) in [6, 6.07) is 15.5. The Hall–Kier alpha value is -3.15. The number of carboxylic acid groups (broad SMARTS) is 1. The maximum atomic E-state index is 12.4. The highest BCUT2D eigenvalue weighted by molar-refractivity contribution is 5.94. The van der Waals surface area contributed by atoms with Crippen LogP contribution in [0.4, 0.5) is 0 Å². The second kappa shape index (κ2) is 9.69. The van der Waals surface area contributed by atoms with E-state index in [-0.39, 0.29) is 24.5 Å². The number of aliphatic carboxylic acids is 1. The second-order valence-corrected chi connectivity index (χ2v) is 6.51. The minimum absolute atomic E-state index is 0.0144. The molecule has 28 heavy (non-hydrogen) atoms. The minimum atomic E-state index is -1.44. The van der Waals surface area contributed by atoms with Crippen LogP contribution in [0.5, 0.6) is 5.75 Å². The molecule has 0 saturated carbocycles. The normalized spacial score (nSPS) is 12.6. The summed E-state index contributed by atoms with van der Waals surface area (Å²) in [4.78, 5) is 35.5. The highest BCUT2D eigenvalue weighted by atomic mass is 16.5. The van der Waals surface area contributed by atoms with E-state index in [0.29, 0.717) is 29.9 Å². The van der Waals surface area contributed by atoms with Gasteiger partial charge in [0.2, 0.25) is 5.91 Å². The van der Waals surface area contributed by atoms with Crippen molar-refractivity contribution in [3.63, 3.8) is 0 Å². The van der Waals surface area contributed by atoms with Gasteiger partial charge in [0, 0.05) is 12.0 Å². The standard InChI is InChI=1S/C22H25NO5/c1-3-22(21(26)27,18-8-5-4-6-9-18)23-20(25)10-7-15-28-19-13-11-17(12-14-19)16(2)24/h4-6,8-9,11-14H,3,7,10,15H2,1-2H3,(H,23,25)(H,26,27). The smallest absolute Gasteiger partial charge is 0.334 e. The van der Waals surface area contributed by atoms with E-state index in [9.17, 15) is 19.5 Å². The molecule has 1 unspecified atom stereocenters. The lowest BCUT2D eigenvalue weighted by molar-refractivity contribution is -0.148. The number of carboxylic acids is 1. The first kappa shape index (κ1) is 21.2. The predicted octanol–water partition coefficient (Wildman–Crippen LogP) is 3.55. The van der Waals surface area contributed by atoms with Crippen molar-refractivity contribution in [3.05, 3.63) is 65.7 Å². The molecule has 0 spiro atoms. The largest absolute Gasteiger partial charge is 0.494 e. The van der Waals surface area contributed by atoms with Crippen molar-refractivity contribution in [3.8, 4) is 5.75 Å². The molecule has 0 radical (unpaired) electrons. The fraction of sp³-hybridized carbons (Fsp3) is 0.318. The summed E-state index contributed by atoms with van der Waals surface area (Å²) in [5.74, 6) is -0.831. The molecular weight excluding hydrogens is 358 g/mol. The lowest BCUT2D eigenvalue weighted by atomic mass is 9.87. The monoisotopic (exact) mass is 383 g/mol. The summed E-state index contributed by atoms with van der Waals surface area (Å²) in [5, 5.41) is 12.4. The van der Waals surface area contributed by atoms with Crippen molar-refractivity contribution in [2.75, 3.05) is 6.61 Å². The molecule has 2 aromatic rings. The van der Waals surface area contributed by atoms with Crippen LogP contribution < -0.4 is 10.1 Å². The highest BCUT2D eigenvalue weighted by Crippen LogP contribution is 2.25. The van der Waals surface area contributed by atoms with Gasteiger partial charge in [0.1, 0.15) is 5.75 Å². The first-order valence-electron chi connectivity index (χ1n) is 9.23. The zero-order valence-electron chi connectivity index (χ0n) is 16.1. The Bertz CT molecular complexity index is 817. The molecule has 6 nitrogen and oxygen atoms in total. The zero-order chi connectivity index (χ0) is 20.6. The van der Waals surface area contributed by atoms with Crippen LogP contribution in [0.3, 0.4) is 0 Å². The maximum Gasteiger partial charge on any atom is 0.334 e. The molecule has 0 aliphatic rings. The minimum Gasteiger partial charge on any atom is -0.494 e. The molecule has 6 heteroatoms. The van der Waals surface area contributed by atoms with Gasteiger partial charge in [0.15, 0.2) is 11.3 Å². The molecule has 0 aromatic heterocycles. The lowest BCUT2D eigenvalue weighted by Gasteiger charge is -2.30. The van der Waals surface area contributed by atoms with Crippen LogP contribution in [-0.2, 0) is 15.1 Å². The summed E-state index contributed by atoms with van der Waals surface area (Å²) in [5.41, 5.74) is -0.292. The van der Waals surface area contributed by atoms with Gasteiger partial charge in [0.05, 0.1) is 6.61 Å². The molecule has 148 valence electrons. The fourth-order valence-corrected chi connectivity index (χ4v) is 2.92. The Labute approximate surface area is 164 Å². The van der Waals surface area contributed by atoms with Crippen LogP contribution in [0.2, 0.25) is 0 Å². The summed E-state index contributed by atoms with van der Waals surface area (Å²) >= 11 is 0. The number of carbonyl (C=O) groups excluding carboxylic acids is 2. The first-order chi connectivity index (χ1) is 13.4. The number of nitrogens with one attached hydrogen (secondary N) is 1. The quantitative estimate of drug-likeness (QED) is 0.483. The van der Waals surface area contributed by atoms with Gasteiger partial charge in [-0.1, -0.05) is 37.3 Å². The second-order valence-electron chi connectivity index (χ2n) is 6.51. The van der Waals surface area contributed by atoms with Crippen molar-refractivity contribution < 1.29 is 24.2 Å². The van der Waals surface area contributed by atoms with Crippen molar-refractivity contribution in [1.29, 1.82) is 0 Å². The van der Waals surface area contributed by atoms with E-state index in [4.69, 9.17) is 4.74 Å². The van der Waals surface area contributed by atoms with Gasteiger partial charge in [-0.2, -0.15) is 0 Å². The van der Waals surface area contributed by atoms with Crippen molar-refractivity contribution >= 4 is 17.7 Å². The van der Waals surface area contributed by atoms with Crippen LogP contribution in [0.1, 0.15) is 49.0 Å². The number of carbonyl (C=O) groups is 3. The molecule has 0 aliphatic carbocycles. The lowest BCUT2D eigenvalue weighted by Crippen LogP contribution is -2.51. The number of amides is 1. The Morgan fingerprint density at radius 3 is 2.21 bits per heavy atom. The van der Waals surface area contributed by atoms with Gasteiger partial charge in [-0.3, -0.25) is 9.59 Å². The van der Waals surface area contributed by atoms with Crippen LogP contribution in [0.25, 0.3) is 0 Å². The van der Waals surface area contributed by atoms with Crippen molar-refractivity contribution in [2.45, 2.75) is 38.6 Å². The van der Waals surface area contributed by atoms with E-state index in [0.717, 1.165) is 0 Å². The van der Waals surface area contributed by atoms with Gasteiger partial charge in [-0.05, 0) is 49.6 Å². The van der Waals surface area contributed by atoms with E-state index in [1.165, 1.54) is 6.92 Å². The first-order valence-corrected chi connectivity index (χ1v) is 9.23.